The molecule has 4 nitrogen and oxygen atoms in total. The lowest BCUT2D eigenvalue weighted by atomic mass is 10.2. The minimum atomic E-state index is -0.139. The zero-order valence-corrected chi connectivity index (χ0v) is 8.13. The zero-order chi connectivity index (χ0) is 10.6. The molecular weight excluding hydrogens is 180 g/mol. The molecule has 1 aromatic rings. The topological polar surface area (TPSA) is 58.2 Å². The molecule has 2 amide bonds. The van der Waals surface area contributed by atoms with Crippen LogP contribution in [0.5, 0.6) is 0 Å². The number of hydrogen-bond acceptors (Lipinski definition) is 2. The van der Waals surface area contributed by atoms with Crippen molar-refractivity contribution in [3.8, 4) is 0 Å². The normalized spacial score (nSPS) is 9.29. The van der Waals surface area contributed by atoms with Crippen molar-refractivity contribution in [2.24, 2.45) is 0 Å². The summed E-state index contributed by atoms with van der Waals surface area (Å²) in [6.45, 7) is 1.44. The molecule has 0 fully saturated rings. The van der Waals surface area contributed by atoms with Gasteiger partial charge in [0.25, 0.3) is 5.91 Å². The molecule has 0 radical (unpaired) electrons. The van der Waals surface area contributed by atoms with Crippen LogP contribution >= 0.6 is 0 Å². The summed E-state index contributed by atoms with van der Waals surface area (Å²) in [5.74, 6) is -0.267. The molecule has 0 unspecified atom stereocenters. The van der Waals surface area contributed by atoms with Crippen LogP contribution in [0.15, 0.2) is 24.3 Å². The molecule has 1 aromatic carbocycles. The average Bonchev–Trinajstić information content (AvgIpc) is 2.17. The van der Waals surface area contributed by atoms with Gasteiger partial charge in [-0.05, 0) is 24.3 Å². The maximum Gasteiger partial charge on any atom is 0.251 e. The molecule has 2 N–H and O–H groups in total. The molecule has 0 atom stereocenters. The summed E-state index contributed by atoms with van der Waals surface area (Å²) >= 11 is 0. The molecule has 0 spiro atoms. The molecule has 0 saturated carbocycles. The lowest BCUT2D eigenvalue weighted by Gasteiger charge is -2.03. The fraction of sp³-hybridized carbons (Fsp3) is 0.200. The summed E-state index contributed by atoms with van der Waals surface area (Å²) in [6, 6.07) is 6.69. The molecule has 1 rings (SSSR count). The van der Waals surface area contributed by atoms with Gasteiger partial charge in [-0.25, -0.2) is 0 Å². The second-order valence-electron chi connectivity index (χ2n) is 2.84. The van der Waals surface area contributed by atoms with Crippen molar-refractivity contribution in [2.75, 3.05) is 12.4 Å². The largest absolute Gasteiger partial charge is 0.355 e. The van der Waals surface area contributed by atoms with Gasteiger partial charge in [-0.2, -0.15) is 0 Å². The van der Waals surface area contributed by atoms with Crippen LogP contribution in [-0.4, -0.2) is 18.9 Å². The van der Waals surface area contributed by atoms with Crippen molar-refractivity contribution < 1.29 is 9.59 Å². The third-order valence-corrected chi connectivity index (χ3v) is 1.69. The third kappa shape index (κ3) is 2.58. The SMILES string of the molecule is CNC(=O)c1ccc(NC(C)=O)cc1. The van der Waals surface area contributed by atoms with Gasteiger partial charge in [0.1, 0.15) is 0 Å². The highest BCUT2D eigenvalue weighted by atomic mass is 16.2. The van der Waals surface area contributed by atoms with Crippen molar-refractivity contribution in [3.63, 3.8) is 0 Å². The molecule has 0 aliphatic rings. The fourth-order valence-corrected chi connectivity index (χ4v) is 1.05. The Bertz CT molecular complexity index is 344. The summed E-state index contributed by atoms with van der Waals surface area (Å²) in [4.78, 5) is 21.8. The molecule has 0 heterocycles. The standard InChI is InChI=1S/C10H12N2O2/c1-7(13)12-9-5-3-8(4-6-9)10(14)11-2/h3-6H,1-2H3,(H,11,14)(H,12,13). The van der Waals surface area contributed by atoms with Crippen LogP contribution in [0, 0.1) is 0 Å². The van der Waals surface area contributed by atoms with E-state index in [2.05, 4.69) is 10.6 Å². The molecule has 0 aliphatic heterocycles. The first-order chi connectivity index (χ1) is 6.63. The quantitative estimate of drug-likeness (QED) is 0.734. The van der Waals surface area contributed by atoms with Crippen molar-refractivity contribution in [2.45, 2.75) is 6.92 Å². The first-order valence-electron chi connectivity index (χ1n) is 4.23. The van der Waals surface area contributed by atoms with Crippen LogP contribution in [-0.2, 0) is 4.79 Å². The highest BCUT2D eigenvalue weighted by molar-refractivity contribution is 5.95. The lowest BCUT2D eigenvalue weighted by molar-refractivity contribution is -0.114. The van der Waals surface area contributed by atoms with Gasteiger partial charge in [0.15, 0.2) is 0 Å². The maximum atomic E-state index is 11.1. The van der Waals surface area contributed by atoms with Gasteiger partial charge in [-0.15, -0.1) is 0 Å². The van der Waals surface area contributed by atoms with Crippen LogP contribution in [0.1, 0.15) is 17.3 Å². The minimum absolute atomic E-state index is 0.127. The van der Waals surface area contributed by atoms with Gasteiger partial charge < -0.3 is 10.6 Å². The first kappa shape index (κ1) is 10.2. The lowest BCUT2D eigenvalue weighted by Crippen LogP contribution is -2.17. The molecule has 0 aliphatic carbocycles. The summed E-state index contributed by atoms with van der Waals surface area (Å²) in [5, 5.41) is 5.13. The maximum absolute atomic E-state index is 11.1. The number of rotatable bonds is 2. The van der Waals surface area contributed by atoms with E-state index in [1.165, 1.54) is 6.92 Å². The predicted molar refractivity (Wildman–Crippen MR) is 54.1 cm³/mol. The molecule has 0 aromatic heterocycles. The Morgan fingerprint density at radius 1 is 1.14 bits per heavy atom. The van der Waals surface area contributed by atoms with E-state index in [4.69, 9.17) is 0 Å². The summed E-state index contributed by atoms with van der Waals surface area (Å²) < 4.78 is 0. The Kier molecular flexibility index (Phi) is 3.23. The predicted octanol–water partition coefficient (Wildman–Crippen LogP) is 1.00. The van der Waals surface area contributed by atoms with Crippen LogP contribution in [0.3, 0.4) is 0 Å². The van der Waals surface area contributed by atoms with E-state index in [1.807, 2.05) is 0 Å². The fourth-order valence-electron chi connectivity index (χ4n) is 1.05. The Hall–Kier alpha value is -1.84. The number of anilines is 1. The monoisotopic (exact) mass is 192 g/mol. The van der Waals surface area contributed by atoms with E-state index in [1.54, 1.807) is 31.3 Å². The summed E-state index contributed by atoms with van der Waals surface area (Å²) in [5.41, 5.74) is 1.26. The Morgan fingerprint density at radius 3 is 2.14 bits per heavy atom. The second-order valence-corrected chi connectivity index (χ2v) is 2.84. The molecule has 0 bridgehead atoms. The van der Waals surface area contributed by atoms with E-state index in [0.717, 1.165) is 0 Å². The van der Waals surface area contributed by atoms with Crippen LogP contribution < -0.4 is 10.6 Å². The van der Waals surface area contributed by atoms with E-state index < -0.39 is 0 Å². The second kappa shape index (κ2) is 4.41. The summed E-state index contributed by atoms with van der Waals surface area (Å²) in [7, 11) is 1.57. The smallest absolute Gasteiger partial charge is 0.251 e. The molecule has 0 saturated heterocycles. The van der Waals surface area contributed by atoms with Crippen LogP contribution in [0.25, 0.3) is 0 Å². The van der Waals surface area contributed by atoms with E-state index >= 15 is 0 Å². The minimum Gasteiger partial charge on any atom is -0.355 e. The number of carbonyl (C=O) groups is 2. The van der Waals surface area contributed by atoms with E-state index in [9.17, 15) is 9.59 Å². The highest BCUT2D eigenvalue weighted by Crippen LogP contribution is 2.08. The average molecular weight is 192 g/mol. The summed E-state index contributed by atoms with van der Waals surface area (Å²) in [6.07, 6.45) is 0. The molecule has 4 heteroatoms. The van der Waals surface area contributed by atoms with Crippen LogP contribution in [0.2, 0.25) is 0 Å². The zero-order valence-electron chi connectivity index (χ0n) is 8.13. The van der Waals surface area contributed by atoms with Gasteiger partial charge in [0.05, 0.1) is 0 Å². The number of amides is 2. The van der Waals surface area contributed by atoms with Crippen molar-refractivity contribution in [1.82, 2.24) is 5.32 Å². The Labute approximate surface area is 82.3 Å². The molecule has 74 valence electrons. The van der Waals surface area contributed by atoms with Gasteiger partial charge in [-0.3, -0.25) is 9.59 Å². The van der Waals surface area contributed by atoms with Crippen LogP contribution in [0.4, 0.5) is 5.69 Å². The van der Waals surface area contributed by atoms with Crippen molar-refractivity contribution in [1.29, 1.82) is 0 Å². The Balaban J connectivity index is 2.78. The van der Waals surface area contributed by atoms with Gasteiger partial charge in [0.2, 0.25) is 5.91 Å². The Morgan fingerprint density at radius 2 is 1.71 bits per heavy atom. The van der Waals surface area contributed by atoms with Crippen molar-refractivity contribution in [3.05, 3.63) is 29.8 Å². The first-order valence-corrected chi connectivity index (χ1v) is 4.23. The van der Waals surface area contributed by atoms with E-state index in [-0.39, 0.29) is 11.8 Å². The number of carbonyl (C=O) groups excluding carboxylic acids is 2. The van der Waals surface area contributed by atoms with E-state index in [0.29, 0.717) is 11.3 Å². The van der Waals surface area contributed by atoms with Gasteiger partial charge in [-0.1, -0.05) is 0 Å². The number of benzene rings is 1. The van der Waals surface area contributed by atoms with Gasteiger partial charge in [0, 0.05) is 25.2 Å². The third-order valence-electron chi connectivity index (χ3n) is 1.69. The highest BCUT2D eigenvalue weighted by Gasteiger charge is 2.02. The number of nitrogens with one attached hydrogen (secondary N) is 2. The molecule has 14 heavy (non-hydrogen) atoms. The van der Waals surface area contributed by atoms with Gasteiger partial charge >= 0.3 is 0 Å². The molecular formula is C10H12N2O2. The number of hydrogen-bond donors (Lipinski definition) is 2. The van der Waals surface area contributed by atoms with Crippen molar-refractivity contribution >= 4 is 17.5 Å².